The quantitative estimate of drug-likeness (QED) is 0.471. The fourth-order valence-electron chi connectivity index (χ4n) is 3.23. The SMILES string of the molecule is CCOc1ccc(C(=O)Nc2nc3ccc(N4CCOCC4)cc3s2)cc1[N+](=O)[O-]. The first-order chi connectivity index (χ1) is 14.5. The van der Waals surface area contributed by atoms with Crippen molar-refractivity contribution in [2.24, 2.45) is 0 Å². The Morgan fingerprint density at radius 2 is 2.10 bits per heavy atom. The van der Waals surface area contributed by atoms with E-state index in [4.69, 9.17) is 9.47 Å². The predicted molar refractivity (Wildman–Crippen MR) is 115 cm³/mol. The monoisotopic (exact) mass is 428 g/mol. The number of carbonyl (C=O) groups is 1. The summed E-state index contributed by atoms with van der Waals surface area (Å²) in [6, 6.07) is 10.1. The smallest absolute Gasteiger partial charge is 0.311 e. The summed E-state index contributed by atoms with van der Waals surface area (Å²) in [6.45, 7) is 5.12. The van der Waals surface area contributed by atoms with Gasteiger partial charge in [0.2, 0.25) is 0 Å². The Morgan fingerprint density at radius 3 is 2.83 bits per heavy atom. The number of nitro benzene ring substituents is 1. The van der Waals surface area contributed by atoms with Crippen LogP contribution in [-0.2, 0) is 4.74 Å². The van der Waals surface area contributed by atoms with E-state index in [9.17, 15) is 14.9 Å². The number of benzene rings is 2. The highest BCUT2D eigenvalue weighted by Crippen LogP contribution is 2.31. The number of thiazole rings is 1. The van der Waals surface area contributed by atoms with Gasteiger partial charge in [0.25, 0.3) is 5.91 Å². The van der Waals surface area contributed by atoms with Gasteiger partial charge in [-0.3, -0.25) is 20.2 Å². The van der Waals surface area contributed by atoms with Crippen LogP contribution in [0.2, 0.25) is 0 Å². The topological polar surface area (TPSA) is 107 Å². The molecule has 0 spiro atoms. The van der Waals surface area contributed by atoms with E-state index < -0.39 is 10.8 Å². The number of hydrogen-bond acceptors (Lipinski definition) is 8. The number of nitrogens with one attached hydrogen (secondary N) is 1. The first-order valence-electron chi connectivity index (χ1n) is 9.51. The first-order valence-corrected chi connectivity index (χ1v) is 10.3. The van der Waals surface area contributed by atoms with Gasteiger partial charge < -0.3 is 14.4 Å². The maximum atomic E-state index is 12.6. The molecule has 156 valence electrons. The number of rotatable bonds is 6. The molecule has 30 heavy (non-hydrogen) atoms. The van der Waals surface area contributed by atoms with Crippen molar-refractivity contribution in [3.8, 4) is 5.75 Å². The molecule has 2 heterocycles. The molecule has 3 aromatic rings. The van der Waals surface area contributed by atoms with Crippen molar-refractivity contribution in [1.29, 1.82) is 0 Å². The lowest BCUT2D eigenvalue weighted by atomic mass is 10.1. The number of nitrogens with zero attached hydrogens (tertiary/aromatic N) is 3. The Morgan fingerprint density at radius 1 is 1.30 bits per heavy atom. The molecule has 2 aromatic carbocycles. The van der Waals surface area contributed by atoms with Gasteiger partial charge in [0.1, 0.15) is 0 Å². The van der Waals surface area contributed by atoms with Crippen molar-refractivity contribution in [3.05, 3.63) is 52.1 Å². The maximum Gasteiger partial charge on any atom is 0.311 e. The van der Waals surface area contributed by atoms with Crippen LogP contribution in [0.1, 0.15) is 17.3 Å². The lowest BCUT2D eigenvalue weighted by Gasteiger charge is -2.28. The molecule has 1 aliphatic heterocycles. The number of morpholine rings is 1. The Balaban J connectivity index is 1.54. The Kier molecular flexibility index (Phi) is 5.77. The van der Waals surface area contributed by atoms with E-state index >= 15 is 0 Å². The van der Waals surface area contributed by atoms with Gasteiger partial charge in [0.05, 0.1) is 35.0 Å². The molecular weight excluding hydrogens is 408 g/mol. The van der Waals surface area contributed by atoms with Gasteiger partial charge in [0.15, 0.2) is 10.9 Å². The molecule has 1 aromatic heterocycles. The lowest BCUT2D eigenvalue weighted by molar-refractivity contribution is -0.385. The van der Waals surface area contributed by atoms with Crippen molar-refractivity contribution < 1.29 is 19.2 Å². The highest BCUT2D eigenvalue weighted by Gasteiger charge is 2.20. The zero-order valence-electron chi connectivity index (χ0n) is 16.3. The summed E-state index contributed by atoms with van der Waals surface area (Å²) in [5, 5.41) is 14.5. The second-order valence-corrected chi connectivity index (χ2v) is 7.63. The minimum Gasteiger partial charge on any atom is -0.487 e. The molecule has 10 heteroatoms. The fraction of sp³-hybridized carbons (Fsp3) is 0.300. The van der Waals surface area contributed by atoms with Crippen LogP contribution in [0.5, 0.6) is 5.75 Å². The number of anilines is 2. The van der Waals surface area contributed by atoms with E-state index in [1.807, 2.05) is 12.1 Å². The fourth-order valence-corrected chi connectivity index (χ4v) is 4.13. The van der Waals surface area contributed by atoms with Crippen LogP contribution >= 0.6 is 11.3 Å². The summed E-state index contributed by atoms with van der Waals surface area (Å²) < 4.78 is 11.6. The molecule has 0 unspecified atom stereocenters. The third-order valence-electron chi connectivity index (χ3n) is 4.69. The largest absolute Gasteiger partial charge is 0.487 e. The van der Waals surface area contributed by atoms with Crippen molar-refractivity contribution >= 4 is 44.0 Å². The minimum absolute atomic E-state index is 0.134. The van der Waals surface area contributed by atoms with E-state index in [0.717, 1.165) is 29.0 Å². The van der Waals surface area contributed by atoms with Crippen molar-refractivity contribution in [2.75, 3.05) is 43.1 Å². The lowest BCUT2D eigenvalue weighted by Crippen LogP contribution is -2.36. The van der Waals surface area contributed by atoms with Crippen LogP contribution in [0.25, 0.3) is 10.2 Å². The highest BCUT2D eigenvalue weighted by molar-refractivity contribution is 7.22. The van der Waals surface area contributed by atoms with E-state index in [1.165, 1.54) is 29.5 Å². The zero-order valence-corrected chi connectivity index (χ0v) is 17.1. The number of hydrogen-bond donors (Lipinski definition) is 1. The Bertz CT molecular complexity index is 1090. The Hall–Kier alpha value is -3.24. The number of nitro groups is 1. The molecule has 1 amide bonds. The second-order valence-electron chi connectivity index (χ2n) is 6.60. The standard InChI is InChI=1S/C20H20N4O5S/c1-2-29-17-6-3-13(11-16(17)24(26)27)19(25)22-20-21-15-5-4-14(12-18(15)30-20)23-7-9-28-10-8-23/h3-6,11-12H,2,7-10H2,1H3,(H,21,22,25). The van der Waals surface area contributed by atoms with Crippen molar-refractivity contribution in [1.82, 2.24) is 4.98 Å². The van der Waals surface area contributed by atoms with E-state index in [1.54, 1.807) is 6.92 Å². The molecule has 1 N–H and O–H groups in total. The van der Waals surface area contributed by atoms with E-state index in [-0.39, 0.29) is 17.0 Å². The van der Waals surface area contributed by atoms with Gasteiger partial charge in [-0.25, -0.2) is 4.98 Å². The number of carbonyl (C=O) groups excluding carboxylic acids is 1. The molecule has 1 aliphatic rings. The summed E-state index contributed by atoms with van der Waals surface area (Å²) in [5.74, 6) is -0.330. The number of ether oxygens (including phenoxy) is 2. The summed E-state index contributed by atoms with van der Waals surface area (Å²) in [7, 11) is 0. The summed E-state index contributed by atoms with van der Waals surface area (Å²) >= 11 is 1.36. The van der Waals surface area contributed by atoms with Crippen molar-refractivity contribution in [3.63, 3.8) is 0 Å². The van der Waals surface area contributed by atoms with Gasteiger partial charge >= 0.3 is 5.69 Å². The van der Waals surface area contributed by atoms with E-state index in [0.29, 0.717) is 25.0 Å². The Labute approximate surface area is 176 Å². The average molecular weight is 428 g/mol. The molecule has 4 rings (SSSR count). The van der Waals surface area contributed by atoms with Crippen LogP contribution in [0.3, 0.4) is 0 Å². The third-order valence-corrected chi connectivity index (χ3v) is 5.62. The van der Waals surface area contributed by atoms with Gasteiger partial charge in [-0.15, -0.1) is 0 Å². The number of amides is 1. The predicted octanol–water partition coefficient (Wildman–Crippen LogP) is 3.69. The third kappa shape index (κ3) is 4.19. The van der Waals surface area contributed by atoms with Crippen LogP contribution in [0.15, 0.2) is 36.4 Å². The molecule has 0 aliphatic carbocycles. The normalized spacial score (nSPS) is 14.0. The highest BCUT2D eigenvalue weighted by atomic mass is 32.1. The molecule has 1 fully saturated rings. The molecular formula is C20H20N4O5S. The summed E-state index contributed by atoms with van der Waals surface area (Å²) in [6.07, 6.45) is 0. The molecule has 0 saturated carbocycles. The summed E-state index contributed by atoms with van der Waals surface area (Å²) in [4.78, 5) is 30.0. The molecule has 0 radical (unpaired) electrons. The van der Waals surface area contributed by atoms with Gasteiger partial charge in [-0.2, -0.15) is 0 Å². The van der Waals surface area contributed by atoms with Gasteiger partial charge in [-0.05, 0) is 37.3 Å². The molecule has 0 bridgehead atoms. The van der Waals surface area contributed by atoms with Gasteiger partial charge in [-0.1, -0.05) is 11.3 Å². The van der Waals surface area contributed by atoms with Crippen molar-refractivity contribution in [2.45, 2.75) is 6.92 Å². The number of aromatic nitrogens is 1. The summed E-state index contributed by atoms with van der Waals surface area (Å²) in [5.41, 5.74) is 1.79. The van der Waals surface area contributed by atoms with E-state index in [2.05, 4.69) is 21.3 Å². The first kappa shape index (κ1) is 20.0. The van der Waals surface area contributed by atoms with Gasteiger partial charge in [0, 0.05) is 30.4 Å². The average Bonchev–Trinajstić information content (AvgIpc) is 3.16. The van der Waals surface area contributed by atoms with Crippen LogP contribution < -0.4 is 15.0 Å². The second kappa shape index (κ2) is 8.64. The molecule has 1 saturated heterocycles. The molecule has 0 atom stereocenters. The van der Waals surface area contributed by atoms with Crippen LogP contribution in [0.4, 0.5) is 16.5 Å². The van der Waals surface area contributed by atoms with Crippen LogP contribution in [-0.4, -0.2) is 48.7 Å². The zero-order chi connectivity index (χ0) is 21.1. The number of fused-ring (bicyclic) bond motifs is 1. The molecule has 9 nitrogen and oxygen atoms in total. The van der Waals surface area contributed by atoms with Crippen LogP contribution in [0, 0.1) is 10.1 Å². The maximum absolute atomic E-state index is 12.6. The minimum atomic E-state index is -0.563.